The molecule has 1 aliphatic heterocycles. The van der Waals surface area contributed by atoms with Gasteiger partial charge in [-0.2, -0.15) is 5.10 Å². The number of amides is 1. The Morgan fingerprint density at radius 2 is 2.10 bits per heavy atom. The number of carbonyl (C=O) groups is 1. The van der Waals surface area contributed by atoms with Crippen LogP contribution in [0.1, 0.15) is 18.7 Å². The lowest BCUT2D eigenvalue weighted by Crippen LogP contribution is -2.32. The second kappa shape index (κ2) is 4.56. The maximum atomic E-state index is 12.4. The molecule has 1 amide bonds. The van der Waals surface area contributed by atoms with Crippen LogP contribution in [0.2, 0.25) is 0 Å². The summed E-state index contributed by atoms with van der Waals surface area (Å²) in [6.45, 7) is 4.00. The fourth-order valence-electron chi connectivity index (χ4n) is 3.75. The monoisotopic (exact) mass is 284 g/mol. The first-order valence-electron chi connectivity index (χ1n) is 7.59. The molecule has 2 aromatic rings. The zero-order valence-electron chi connectivity index (χ0n) is 12.3. The fraction of sp³-hybridized carbons (Fsp3) is 0.500. The third kappa shape index (κ3) is 1.95. The van der Waals surface area contributed by atoms with Crippen LogP contribution in [0.4, 0.5) is 0 Å². The van der Waals surface area contributed by atoms with E-state index in [4.69, 9.17) is 0 Å². The molecule has 1 aliphatic carbocycles. The van der Waals surface area contributed by atoms with E-state index < -0.39 is 0 Å². The van der Waals surface area contributed by atoms with E-state index in [-0.39, 0.29) is 17.9 Å². The number of fused-ring (bicyclic) bond motifs is 2. The van der Waals surface area contributed by atoms with Crippen LogP contribution in [0, 0.1) is 17.8 Å². The molecule has 1 aromatic carbocycles. The average Bonchev–Trinajstić information content (AvgIpc) is 2.83. The summed E-state index contributed by atoms with van der Waals surface area (Å²) in [5, 5.41) is 12.2. The quantitative estimate of drug-likeness (QED) is 0.891. The van der Waals surface area contributed by atoms with Crippen LogP contribution < -0.4 is 10.6 Å². The fourth-order valence-corrected chi connectivity index (χ4v) is 3.75. The van der Waals surface area contributed by atoms with Crippen molar-refractivity contribution in [3.05, 3.63) is 30.0 Å². The minimum absolute atomic E-state index is 0.0575. The van der Waals surface area contributed by atoms with Crippen molar-refractivity contribution < 1.29 is 4.79 Å². The number of hydrogen-bond acceptors (Lipinski definition) is 3. The van der Waals surface area contributed by atoms with E-state index in [0.717, 1.165) is 29.7 Å². The molecule has 1 unspecified atom stereocenters. The van der Waals surface area contributed by atoms with Crippen LogP contribution in [-0.4, -0.2) is 28.8 Å². The van der Waals surface area contributed by atoms with Crippen LogP contribution in [0.25, 0.3) is 10.9 Å². The van der Waals surface area contributed by atoms with E-state index >= 15 is 0 Å². The second-order valence-electron chi connectivity index (χ2n) is 6.27. The highest BCUT2D eigenvalue weighted by molar-refractivity contribution is 5.85. The molecule has 1 aromatic heterocycles. The number of para-hydroxylation sites is 1. The number of rotatable bonds is 3. The van der Waals surface area contributed by atoms with Crippen LogP contribution in [-0.2, 0) is 11.8 Å². The van der Waals surface area contributed by atoms with Gasteiger partial charge in [0.1, 0.15) is 0 Å². The Bertz CT molecular complexity index is 697. The van der Waals surface area contributed by atoms with E-state index in [9.17, 15) is 4.79 Å². The Morgan fingerprint density at radius 3 is 2.86 bits per heavy atom. The Morgan fingerprint density at radius 1 is 1.38 bits per heavy atom. The standard InChI is InChI=1S/C16H20N4O/c1-9(18-16(21)14-11-7-17-8-12(11)14)15-10-5-3-4-6-13(10)20(2)19-15/h3-6,9,11-12,14,17H,7-8H2,1-2H3,(H,18,21)/t9?,11-,12+,14+. The smallest absolute Gasteiger partial charge is 0.224 e. The molecule has 21 heavy (non-hydrogen) atoms. The highest BCUT2D eigenvalue weighted by Crippen LogP contribution is 2.48. The summed E-state index contributed by atoms with van der Waals surface area (Å²) in [5.41, 5.74) is 2.05. The van der Waals surface area contributed by atoms with Gasteiger partial charge in [-0.25, -0.2) is 0 Å². The summed E-state index contributed by atoms with van der Waals surface area (Å²) in [7, 11) is 1.94. The normalized spacial score (nSPS) is 28.4. The number of hydrogen-bond donors (Lipinski definition) is 2. The van der Waals surface area contributed by atoms with Crippen molar-refractivity contribution in [2.45, 2.75) is 13.0 Å². The Balaban J connectivity index is 1.54. The molecule has 2 aliphatic rings. The van der Waals surface area contributed by atoms with E-state index in [1.165, 1.54) is 0 Å². The first-order valence-corrected chi connectivity index (χ1v) is 7.59. The van der Waals surface area contributed by atoms with Gasteiger partial charge in [0.2, 0.25) is 5.91 Å². The molecule has 4 rings (SSSR count). The summed E-state index contributed by atoms with van der Waals surface area (Å²) < 4.78 is 1.88. The first kappa shape index (κ1) is 12.8. The molecule has 0 bridgehead atoms. The lowest BCUT2D eigenvalue weighted by Gasteiger charge is -2.13. The lowest BCUT2D eigenvalue weighted by molar-refractivity contribution is -0.123. The van der Waals surface area contributed by atoms with E-state index in [1.54, 1.807) is 0 Å². The Hall–Kier alpha value is -1.88. The van der Waals surface area contributed by atoms with Crippen molar-refractivity contribution in [2.24, 2.45) is 24.8 Å². The second-order valence-corrected chi connectivity index (χ2v) is 6.27. The molecule has 2 heterocycles. The number of piperidine rings is 1. The minimum Gasteiger partial charge on any atom is -0.348 e. The van der Waals surface area contributed by atoms with Crippen molar-refractivity contribution in [3.63, 3.8) is 0 Å². The summed E-state index contributed by atoms with van der Waals surface area (Å²) in [6.07, 6.45) is 0. The molecule has 110 valence electrons. The van der Waals surface area contributed by atoms with Gasteiger partial charge in [-0.3, -0.25) is 9.48 Å². The number of carbonyl (C=O) groups excluding carboxylic acids is 1. The van der Waals surface area contributed by atoms with Gasteiger partial charge >= 0.3 is 0 Å². The SMILES string of the molecule is CC(NC(=O)[C@H]1[C@@H]2CNC[C@@H]21)c1nn(C)c2ccccc12. The minimum atomic E-state index is -0.0575. The van der Waals surface area contributed by atoms with Gasteiger partial charge in [0.25, 0.3) is 0 Å². The molecule has 0 spiro atoms. The zero-order chi connectivity index (χ0) is 14.6. The molecule has 1 saturated heterocycles. The largest absolute Gasteiger partial charge is 0.348 e. The van der Waals surface area contributed by atoms with Gasteiger partial charge in [0.05, 0.1) is 17.3 Å². The number of benzene rings is 1. The van der Waals surface area contributed by atoms with Gasteiger partial charge in [0, 0.05) is 18.4 Å². The predicted octanol–water partition coefficient (Wildman–Crippen LogP) is 1.22. The topological polar surface area (TPSA) is 59.0 Å². The zero-order valence-corrected chi connectivity index (χ0v) is 12.3. The van der Waals surface area contributed by atoms with Crippen LogP contribution in [0.15, 0.2) is 24.3 Å². The van der Waals surface area contributed by atoms with Crippen molar-refractivity contribution in [1.82, 2.24) is 20.4 Å². The molecule has 5 nitrogen and oxygen atoms in total. The van der Waals surface area contributed by atoms with Crippen molar-refractivity contribution in [2.75, 3.05) is 13.1 Å². The maximum Gasteiger partial charge on any atom is 0.224 e. The van der Waals surface area contributed by atoms with Crippen LogP contribution in [0.5, 0.6) is 0 Å². The average molecular weight is 284 g/mol. The number of aryl methyl sites for hydroxylation is 1. The molecule has 2 fully saturated rings. The van der Waals surface area contributed by atoms with E-state index in [1.807, 2.05) is 30.8 Å². The molecule has 0 radical (unpaired) electrons. The maximum absolute atomic E-state index is 12.4. The molecule has 1 saturated carbocycles. The Labute approximate surface area is 123 Å². The first-order chi connectivity index (χ1) is 10.2. The summed E-state index contributed by atoms with van der Waals surface area (Å²) >= 11 is 0. The van der Waals surface area contributed by atoms with Gasteiger partial charge in [-0.1, -0.05) is 18.2 Å². The highest BCUT2D eigenvalue weighted by Gasteiger charge is 2.56. The van der Waals surface area contributed by atoms with Crippen LogP contribution in [0.3, 0.4) is 0 Å². The molecule has 4 atom stereocenters. The van der Waals surface area contributed by atoms with Crippen molar-refractivity contribution >= 4 is 16.8 Å². The third-order valence-electron chi connectivity index (χ3n) is 4.95. The van der Waals surface area contributed by atoms with E-state index in [0.29, 0.717) is 11.8 Å². The molecular weight excluding hydrogens is 264 g/mol. The number of aromatic nitrogens is 2. The third-order valence-corrected chi connectivity index (χ3v) is 4.95. The van der Waals surface area contributed by atoms with Crippen molar-refractivity contribution in [1.29, 1.82) is 0 Å². The lowest BCUT2D eigenvalue weighted by atomic mass is 10.1. The highest BCUT2D eigenvalue weighted by atomic mass is 16.2. The Kier molecular flexibility index (Phi) is 2.79. The van der Waals surface area contributed by atoms with Gasteiger partial charge < -0.3 is 10.6 Å². The molecule has 2 N–H and O–H groups in total. The summed E-state index contributed by atoms with van der Waals surface area (Å²) in [5.74, 6) is 1.51. The predicted molar refractivity (Wildman–Crippen MR) is 80.6 cm³/mol. The van der Waals surface area contributed by atoms with Gasteiger partial charge in [0.15, 0.2) is 0 Å². The summed E-state index contributed by atoms with van der Waals surface area (Å²) in [4.78, 5) is 12.4. The van der Waals surface area contributed by atoms with Crippen LogP contribution >= 0.6 is 0 Å². The molecular formula is C16H20N4O. The summed E-state index contributed by atoms with van der Waals surface area (Å²) in [6, 6.07) is 8.08. The number of nitrogens with one attached hydrogen (secondary N) is 2. The van der Waals surface area contributed by atoms with Gasteiger partial charge in [-0.15, -0.1) is 0 Å². The van der Waals surface area contributed by atoms with Crippen molar-refractivity contribution in [3.8, 4) is 0 Å². The van der Waals surface area contributed by atoms with E-state index in [2.05, 4.69) is 27.9 Å². The van der Waals surface area contributed by atoms with Gasteiger partial charge in [-0.05, 0) is 37.9 Å². The number of nitrogens with zero attached hydrogens (tertiary/aromatic N) is 2. The molecule has 5 heteroatoms.